The summed E-state index contributed by atoms with van der Waals surface area (Å²) in [5.41, 5.74) is 0. The van der Waals surface area contributed by atoms with Gasteiger partial charge in [0.2, 0.25) is 0 Å². The van der Waals surface area contributed by atoms with Gasteiger partial charge < -0.3 is 4.74 Å². The third kappa shape index (κ3) is 1.42. The van der Waals surface area contributed by atoms with Crippen LogP contribution < -0.4 is 0 Å². The second kappa shape index (κ2) is 2.49. The van der Waals surface area contributed by atoms with Crippen LogP contribution >= 0.6 is 0 Å². The minimum atomic E-state index is -0.160. The lowest BCUT2D eigenvalue weighted by Gasteiger charge is -1.94. The number of allylic oxidation sites excluding steroid dienone is 1. The van der Waals surface area contributed by atoms with E-state index in [0.29, 0.717) is 12.8 Å². The molecular formula is C7H8O2. The predicted octanol–water partition coefficient (Wildman–Crippen LogP) is 1.39. The topological polar surface area (TPSA) is 26.3 Å². The first-order valence-electron chi connectivity index (χ1n) is 2.83. The molecule has 48 valence electrons. The van der Waals surface area contributed by atoms with Crippen LogP contribution in [-0.2, 0) is 9.53 Å². The summed E-state index contributed by atoms with van der Waals surface area (Å²) < 4.78 is 4.75. The van der Waals surface area contributed by atoms with Gasteiger partial charge in [-0.25, -0.2) is 0 Å². The quantitative estimate of drug-likeness (QED) is 0.410. The van der Waals surface area contributed by atoms with Crippen molar-refractivity contribution in [3.05, 3.63) is 24.5 Å². The van der Waals surface area contributed by atoms with Crippen LogP contribution in [0, 0.1) is 0 Å². The van der Waals surface area contributed by atoms with Crippen molar-refractivity contribution in [3.8, 4) is 0 Å². The van der Waals surface area contributed by atoms with E-state index in [1.807, 2.05) is 0 Å². The van der Waals surface area contributed by atoms with Gasteiger partial charge in [-0.05, 0) is 6.08 Å². The number of ether oxygens (including phenoxy) is 1. The lowest BCUT2D eigenvalue weighted by Crippen LogP contribution is -1.92. The summed E-state index contributed by atoms with van der Waals surface area (Å²) in [6, 6.07) is 0. The predicted molar refractivity (Wildman–Crippen MR) is 33.6 cm³/mol. The van der Waals surface area contributed by atoms with Gasteiger partial charge >= 0.3 is 5.97 Å². The fourth-order valence-electron chi connectivity index (χ4n) is 0.694. The van der Waals surface area contributed by atoms with Crippen molar-refractivity contribution in [2.24, 2.45) is 0 Å². The van der Waals surface area contributed by atoms with Crippen LogP contribution in [0.5, 0.6) is 0 Å². The highest BCUT2D eigenvalue weighted by molar-refractivity contribution is 5.75. The lowest BCUT2D eigenvalue weighted by atomic mass is 10.3. The smallest absolute Gasteiger partial charge is 0.314 e. The van der Waals surface area contributed by atoms with E-state index < -0.39 is 0 Å². The van der Waals surface area contributed by atoms with Gasteiger partial charge in [0.25, 0.3) is 0 Å². The Morgan fingerprint density at radius 3 is 3.11 bits per heavy atom. The SMILES string of the molecule is C=CCC1=CCC(=O)O1. The van der Waals surface area contributed by atoms with Gasteiger partial charge in [-0.15, -0.1) is 6.58 Å². The average Bonchev–Trinajstić information content (AvgIpc) is 2.17. The van der Waals surface area contributed by atoms with E-state index in [-0.39, 0.29) is 5.97 Å². The number of esters is 1. The van der Waals surface area contributed by atoms with Gasteiger partial charge in [0.05, 0.1) is 6.42 Å². The number of carbonyl (C=O) groups excluding carboxylic acids is 1. The Balaban J connectivity index is 2.44. The molecule has 0 aromatic heterocycles. The molecule has 2 nitrogen and oxygen atoms in total. The van der Waals surface area contributed by atoms with Crippen molar-refractivity contribution in [1.82, 2.24) is 0 Å². The second-order valence-electron chi connectivity index (χ2n) is 1.84. The molecule has 1 aliphatic rings. The molecular weight excluding hydrogens is 116 g/mol. The first-order chi connectivity index (χ1) is 4.33. The second-order valence-corrected chi connectivity index (χ2v) is 1.84. The molecule has 0 saturated carbocycles. The Kier molecular flexibility index (Phi) is 1.68. The molecule has 9 heavy (non-hydrogen) atoms. The Labute approximate surface area is 53.8 Å². The summed E-state index contributed by atoms with van der Waals surface area (Å²) in [7, 11) is 0. The fraction of sp³-hybridized carbons (Fsp3) is 0.286. The Hall–Kier alpha value is -1.05. The van der Waals surface area contributed by atoms with E-state index in [1.165, 1.54) is 0 Å². The van der Waals surface area contributed by atoms with Gasteiger partial charge in [-0.1, -0.05) is 6.08 Å². The molecule has 0 N–H and O–H groups in total. The monoisotopic (exact) mass is 124 g/mol. The van der Waals surface area contributed by atoms with Crippen LogP contribution in [0.4, 0.5) is 0 Å². The number of rotatable bonds is 2. The first-order valence-corrected chi connectivity index (χ1v) is 2.83. The van der Waals surface area contributed by atoms with Crippen molar-refractivity contribution >= 4 is 5.97 Å². The highest BCUT2D eigenvalue weighted by Gasteiger charge is 2.11. The molecule has 1 aliphatic heterocycles. The molecule has 0 fully saturated rings. The average molecular weight is 124 g/mol. The van der Waals surface area contributed by atoms with E-state index in [1.54, 1.807) is 12.2 Å². The summed E-state index contributed by atoms with van der Waals surface area (Å²) in [6.07, 6.45) is 4.57. The van der Waals surface area contributed by atoms with Gasteiger partial charge in [0, 0.05) is 6.42 Å². The van der Waals surface area contributed by atoms with Crippen LogP contribution in [0.1, 0.15) is 12.8 Å². The van der Waals surface area contributed by atoms with Crippen LogP contribution in [0.3, 0.4) is 0 Å². The molecule has 0 bridgehead atoms. The molecule has 0 unspecified atom stereocenters. The van der Waals surface area contributed by atoms with Crippen molar-refractivity contribution in [3.63, 3.8) is 0 Å². The molecule has 0 saturated heterocycles. The molecule has 1 heterocycles. The van der Waals surface area contributed by atoms with Gasteiger partial charge in [-0.2, -0.15) is 0 Å². The zero-order valence-corrected chi connectivity index (χ0v) is 5.09. The summed E-state index contributed by atoms with van der Waals surface area (Å²) in [5.74, 6) is 0.571. The maximum absolute atomic E-state index is 10.4. The molecule has 0 amide bonds. The summed E-state index contributed by atoms with van der Waals surface area (Å²) in [5, 5.41) is 0. The summed E-state index contributed by atoms with van der Waals surface area (Å²) in [6.45, 7) is 3.52. The van der Waals surface area contributed by atoms with Gasteiger partial charge in [0.1, 0.15) is 5.76 Å². The van der Waals surface area contributed by atoms with E-state index in [9.17, 15) is 4.79 Å². The first kappa shape index (κ1) is 6.08. The molecule has 0 aromatic carbocycles. The molecule has 0 spiro atoms. The van der Waals surface area contributed by atoms with Crippen molar-refractivity contribution in [2.45, 2.75) is 12.8 Å². The molecule has 0 aromatic rings. The molecule has 2 heteroatoms. The molecule has 0 aliphatic carbocycles. The normalized spacial score (nSPS) is 16.9. The third-order valence-corrected chi connectivity index (χ3v) is 1.09. The van der Waals surface area contributed by atoms with Crippen molar-refractivity contribution in [1.29, 1.82) is 0 Å². The highest BCUT2D eigenvalue weighted by Crippen LogP contribution is 2.13. The van der Waals surface area contributed by atoms with Gasteiger partial charge in [0.15, 0.2) is 0 Å². The van der Waals surface area contributed by atoms with E-state index in [0.717, 1.165) is 5.76 Å². The number of carbonyl (C=O) groups is 1. The maximum atomic E-state index is 10.4. The largest absolute Gasteiger partial charge is 0.431 e. The molecule has 0 atom stereocenters. The number of hydrogen-bond acceptors (Lipinski definition) is 2. The maximum Gasteiger partial charge on any atom is 0.314 e. The number of hydrogen-bond donors (Lipinski definition) is 0. The fourth-order valence-corrected chi connectivity index (χ4v) is 0.694. The minimum Gasteiger partial charge on any atom is -0.431 e. The van der Waals surface area contributed by atoms with Crippen LogP contribution in [0.2, 0.25) is 0 Å². The Bertz CT molecular complexity index is 168. The summed E-state index contributed by atoms with van der Waals surface area (Å²) >= 11 is 0. The van der Waals surface area contributed by atoms with Crippen LogP contribution in [0.15, 0.2) is 24.5 Å². The lowest BCUT2D eigenvalue weighted by molar-refractivity contribution is -0.136. The van der Waals surface area contributed by atoms with E-state index >= 15 is 0 Å². The highest BCUT2D eigenvalue weighted by atomic mass is 16.5. The Morgan fingerprint density at radius 2 is 2.67 bits per heavy atom. The summed E-state index contributed by atoms with van der Waals surface area (Å²) in [4.78, 5) is 10.4. The van der Waals surface area contributed by atoms with Crippen LogP contribution in [-0.4, -0.2) is 5.97 Å². The van der Waals surface area contributed by atoms with E-state index in [2.05, 4.69) is 6.58 Å². The standard InChI is InChI=1S/C7H8O2/c1-2-3-6-4-5-7(8)9-6/h2,4H,1,3,5H2. The number of cyclic esters (lactones) is 1. The molecule has 1 rings (SSSR count). The zero-order valence-electron chi connectivity index (χ0n) is 5.09. The van der Waals surface area contributed by atoms with Crippen molar-refractivity contribution < 1.29 is 9.53 Å². The van der Waals surface area contributed by atoms with Crippen molar-refractivity contribution in [2.75, 3.05) is 0 Å². The third-order valence-electron chi connectivity index (χ3n) is 1.09. The Morgan fingerprint density at radius 1 is 1.89 bits per heavy atom. The zero-order chi connectivity index (χ0) is 6.69. The minimum absolute atomic E-state index is 0.160. The molecule has 0 radical (unpaired) electrons. The van der Waals surface area contributed by atoms with Gasteiger partial charge in [-0.3, -0.25) is 4.79 Å². The van der Waals surface area contributed by atoms with E-state index in [4.69, 9.17) is 4.74 Å². The van der Waals surface area contributed by atoms with Crippen LogP contribution in [0.25, 0.3) is 0 Å².